The molecule has 1 aliphatic heterocycles. The second kappa shape index (κ2) is 7.33. The third-order valence-electron chi connectivity index (χ3n) is 7.08. The summed E-state index contributed by atoms with van der Waals surface area (Å²) < 4.78 is 22.5. The molecule has 0 saturated heterocycles. The van der Waals surface area contributed by atoms with Gasteiger partial charge in [0.05, 0.1) is 22.3 Å². The summed E-state index contributed by atoms with van der Waals surface area (Å²) in [4.78, 5) is 4.91. The normalized spacial score (nSPS) is 17.4. The van der Waals surface area contributed by atoms with Crippen LogP contribution in [0.4, 0.5) is 0 Å². The molecule has 3 heterocycles. The summed E-state index contributed by atoms with van der Waals surface area (Å²) in [5, 5.41) is 0. The fraction of sp³-hybridized carbons (Fsp3) is 0.357. The number of benzene rings is 2. The highest BCUT2D eigenvalue weighted by molar-refractivity contribution is 5.83. The van der Waals surface area contributed by atoms with Gasteiger partial charge in [-0.3, -0.25) is 4.57 Å². The van der Waals surface area contributed by atoms with Crippen LogP contribution in [0.15, 0.2) is 54.7 Å². The van der Waals surface area contributed by atoms with Gasteiger partial charge < -0.3 is 0 Å². The van der Waals surface area contributed by atoms with Gasteiger partial charge in [-0.2, -0.15) is 0 Å². The van der Waals surface area contributed by atoms with E-state index < -0.39 is 6.37 Å². The Morgan fingerprint density at radius 3 is 2.81 bits per heavy atom. The fourth-order valence-electron chi connectivity index (χ4n) is 5.51. The van der Waals surface area contributed by atoms with E-state index in [0.717, 1.165) is 60.2 Å². The number of para-hydroxylation sites is 2. The molecule has 0 atom stereocenters. The summed E-state index contributed by atoms with van der Waals surface area (Å²) in [6.45, 7) is 2.16. The number of pyridine rings is 1. The number of hydrogen-bond acceptors (Lipinski definition) is 1. The standard InChI is InChI=1S/C28H30N3/c1-19-12-13-24-22(18-27-29-23-10-6-7-11-25(23)31(24)27)28(19)26-17-21(14-15-30(26)2)16-20-8-4-3-5-9-20/h6-7,10-15,17,20H,3-5,8-9,16,18H2,1-2H3/q+1/i16D2. The van der Waals surface area contributed by atoms with E-state index in [0.29, 0.717) is 0 Å². The highest BCUT2D eigenvalue weighted by atomic mass is 15.1. The van der Waals surface area contributed by atoms with Crippen molar-refractivity contribution in [3.05, 3.63) is 77.2 Å². The Labute approximate surface area is 187 Å². The molecule has 0 unspecified atom stereocenters. The summed E-state index contributed by atoms with van der Waals surface area (Å²) in [6, 6.07) is 16.8. The van der Waals surface area contributed by atoms with Gasteiger partial charge in [-0.15, -0.1) is 0 Å². The van der Waals surface area contributed by atoms with Crippen LogP contribution in [0, 0.1) is 12.8 Å². The third kappa shape index (κ3) is 3.10. The van der Waals surface area contributed by atoms with E-state index in [1.54, 1.807) is 0 Å². The van der Waals surface area contributed by atoms with E-state index in [2.05, 4.69) is 59.5 Å². The molecule has 0 bridgehead atoms. The van der Waals surface area contributed by atoms with Crippen LogP contribution >= 0.6 is 0 Å². The Kier molecular flexibility index (Phi) is 3.95. The van der Waals surface area contributed by atoms with Crippen LogP contribution in [0.3, 0.4) is 0 Å². The van der Waals surface area contributed by atoms with Crippen molar-refractivity contribution in [2.45, 2.75) is 51.8 Å². The topological polar surface area (TPSA) is 21.7 Å². The van der Waals surface area contributed by atoms with Crippen LogP contribution in [0.2, 0.25) is 0 Å². The Balaban J connectivity index is 1.50. The number of rotatable bonds is 3. The first-order valence-corrected chi connectivity index (χ1v) is 11.5. The van der Waals surface area contributed by atoms with Gasteiger partial charge in [0.25, 0.3) is 0 Å². The SMILES string of the molecule is [2H]C([2H])(c1cc[n+](C)c(-c2c(C)ccc3c2Cc2nc4ccccc4n2-3)c1)C1CCCCC1. The van der Waals surface area contributed by atoms with Crippen molar-refractivity contribution in [1.29, 1.82) is 0 Å². The van der Waals surface area contributed by atoms with Crippen molar-refractivity contribution >= 4 is 11.0 Å². The lowest BCUT2D eigenvalue weighted by Crippen LogP contribution is -2.31. The minimum atomic E-state index is -1.31. The van der Waals surface area contributed by atoms with Crippen molar-refractivity contribution in [2.75, 3.05) is 0 Å². The highest BCUT2D eigenvalue weighted by Gasteiger charge is 2.29. The van der Waals surface area contributed by atoms with Gasteiger partial charge in [-0.05, 0) is 54.1 Å². The van der Waals surface area contributed by atoms with Gasteiger partial charge in [0.2, 0.25) is 5.69 Å². The first-order valence-electron chi connectivity index (χ1n) is 12.5. The second-order valence-electron chi connectivity index (χ2n) is 9.17. The molecule has 0 amide bonds. The van der Waals surface area contributed by atoms with Crippen molar-refractivity contribution in [3.8, 4) is 16.9 Å². The summed E-state index contributed by atoms with van der Waals surface area (Å²) in [6.07, 6.45) is 7.01. The van der Waals surface area contributed by atoms with Gasteiger partial charge in [0.1, 0.15) is 12.9 Å². The minimum Gasteiger partial charge on any atom is -0.296 e. The monoisotopic (exact) mass is 410 g/mol. The smallest absolute Gasteiger partial charge is 0.213 e. The Morgan fingerprint density at radius 1 is 1.10 bits per heavy atom. The molecule has 3 nitrogen and oxygen atoms in total. The number of aryl methyl sites for hydroxylation is 2. The lowest BCUT2D eigenvalue weighted by atomic mass is 9.84. The fourth-order valence-corrected chi connectivity index (χ4v) is 5.51. The lowest BCUT2D eigenvalue weighted by molar-refractivity contribution is -0.660. The van der Waals surface area contributed by atoms with Crippen LogP contribution in [-0.2, 0) is 19.8 Å². The summed E-state index contributed by atoms with van der Waals surface area (Å²) in [5.41, 5.74) is 8.98. The van der Waals surface area contributed by atoms with E-state index >= 15 is 0 Å². The molecule has 0 spiro atoms. The molecule has 3 heteroatoms. The van der Waals surface area contributed by atoms with E-state index in [9.17, 15) is 0 Å². The predicted octanol–water partition coefficient (Wildman–Crippen LogP) is 5.85. The Morgan fingerprint density at radius 2 is 1.94 bits per heavy atom. The molecule has 1 saturated carbocycles. The van der Waals surface area contributed by atoms with Crippen LogP contribution in [0.25, 0.3) is 28.0 Å². The number of nitrogens with zero attached hydrogens (tertiary/aromatic N) is 3. The number of fused-ring (bicyclic) bond motifs is 5. The molecule has 2 aromatic heterocycles. The molecule has 0 N–H and O–H groups in total. The van der Waals surface area contributed by atoms with Crippen molar-refractivity contribution in [1.82, 2.24) is 9.55 Å². The zero-order valence-corrected chi connectivity index (χ0v) is 18.4. The molecule has 6 rings (SSSR count). The van der Waals surface area contributed by atoms with Gasteiger partial charge in [-0.25, -0.2) is 9.55 Å². The maximum atomic E-state index is 9.01. The first-order chi connectivity index (χ1) is 15.9. The quantitative estimate of drug-likeness (QED) is 0.342. The largest absolute Gasteiger partial charge is 0.296 e. The van der Waals surface area contributed by atoms with E-state index in [-0.39, 0.29) is 5.92 Å². The van der Waals surface area contributed by atoms with Gasteiger partial charge in [-0.1, -0.05) is 50.3 Å². The van der Waals surface area contributed by atoms with Crippen molar-refractivity contribution in [2.24, 2.45) is 13.0 Å². The third-order valence-corrected chi connectivity index (χ3v) is 7.08. The number of aromatic nitrogens is 3. The minimum absolute atomic E-state index is 0.103. The average Bonchev–Trinajstić information content (AvgIpc) is 3.36. The Bertz CT molecular complexity index is 1380. The molecular weight excluding hydrogens is 378 g/mol. The van der Waals surface area contributed by atoms with Crippen LogP contribution in [0.5, 0.6) is 0 Å². The van der Waals surface area contributed by atoms with Crippen LogP contribution < -0.4 is 4.57 Å². The molecule has 1 aliphatic carbocycles. The average molecular weight is 411 g/mol. The molecule has 2 aromatic carbocycles. The summed E-state index contributed by atoms with van der Waals surface area (Å²) in [7, 11) is 2.07. The van der Waals surface area contributed by atoms with E-state index in [1.165, 1.54) is 28.8 Å². The molecule has 4 aromatic rings. The first kappa shape index (κ1) is 16.7. The maximum Gasteiger partial charge on any atom is 0.213 e. The molecule has 31 heavy (non-hydrogen) atoms. The summed E-state index contributed by atoms with van der Waals surface area (Å²) >= 11 is 0. The van der Waals surface area contributed by atoms with E-state index in [4.69, 9.17) is 7.73 Å². The molecule has 0 radical (unpaired) electrons. The zero-order valence-electron chi connectivity index (χ0n) is 20.4. The van der Waals surface area contributed by atoms with Crippen molar-refractivity contribution in [3.63, 3.8) is 0 Å². The molecule has 156 valence electrons. The predicted molar refractivity (Wildman–Crippen MR) is 126 cm³/mol. The van der Waals surface area contributed by atoms with Gasteiger partial charge >= 0.3 is 0 Å². The summed E-state index contributed by atoms with van der Waals surface area (Å²) in [5.74, 6) is 1.18. The van der Waals surface area contributed by atoms with E-state index in [1.807, 2.05) is 18.3 Å². The maximum absolute atomic E-state index is 9.01. The number of hydrogen-bond donors (Lipinski definition) is 0. The number of imidazole rings is 1. The van der Waals surface area contributed by atoms with Gasteiger partial charge in [0.15, 0.2) is 6.20 Å². The highest BCUT2D eigenvalue weighted by Crippen LogP contribution is 2.39. The second-order valence-corrected chi connectivity index (χ2v) is 9.17. The molecule has 1 fully saturated rings. The van der Waals surface area contributed by atoms with Gasteiger partial charge in [0, 0.05) is 21.3 Å². The molecular formula is C28H30N3+. The Hall–Kier alpha value is -2.94. The van der Waals surface area contributed by atoms with Crippen LogP contribution in [0.1, 0.15) is 57.4 Å². The molecule has 2 aliphatic rings. The zero-order chi connectivity index (χ0) is 22.7. The lowest BCUT2D eigenvalue weighted by Gasteiger charge is -2.21. The van der Waals surface area contributed by atoms with Crippen molar-refractivity contribution < 1.29 is 7.31 Å². The van der Waals surface area contributed by atoms with Crippen LogP contribution in [-0.4, -0.2) is 9.55 Å².